The molecule has 6 heteroatoms. The van der Waals surface area contributed by atoms with E-state index in [4.69, 9.17) is 9.47 Å². The van der Waals surface area contributed by atoms with Crippen molar-refractivity contribution in [3.63, 3.8) is 0 Å². The summed E-state index contributed by atoms with van der Waals surface area (Å²) in [6, 6.07) is 17.2. The first kappa shape index (κ1) is 18.5. The quantitative estimate of drug-likeness (QED) is 0.526. The van der Waals surface area contributed by atoms with Gasteiger partial charge in [0.2, 0.25) is 5.56 Å². The first-order chi connectivity index (χ1) is 14.7. The topological polar surface area (TPSA) is 69.1 Å². The van der Waals surface area contributed by atoms with Crippen LogP contribution in [0.3, 0.4) is 0 Å². The van der Waals surface area contributed by atoms with E-state index in [9.17, 15) is 4.79 Å². The molecule has 2 aromatic heterocycles. The molecule has 0 saturated heterocycles. The maximum Gasteiger partial charge on any atom is 0.250 e. The number of aromatic nitrogens is 3. The highest BCUT2D eigenvalue weighted by Crippen LogP contribution is 2.37. The number of hydrogen-bond acceptors (Lipinski definition) is 4. The SMILES string of the molecule is COc1ccc(-c2cc(=O)[nH]c3c2cnn3-c2ccccc2)cc1OC1CCCC1. The summed E-state index contributed by atoms with van der Waals surface area (Å²) >= 11 is 0. The summed E-state index contributed by atoms with van der Waals surface area (Å²) in [7, 11) is 1.64. The average molecular weight is 401 g/mol. The van der Waals surface area contributed by atoms with Gasteiger partial charge in [-0.1, -0.05) is 24.3 Å². The second-order valence-electron chi connectivity index (χ2n) is 7.59. The van der Waals surface area contributed by atoms with Crippen LogP contribution in [0.2, 0.25) is 0 Å². The Morgan fingerprint density at radius 3 is 2.60 bits per heavy atom. The summed E-state index contributed by atoms with van der Waals surface area (Å²) in [6.07, 6.45) is 6.52. The van der Waals surface area contributed by atoms with Gasteiger partial charge in [-0.25, -0.2) is 4.68 Å². The van der Waals surface area contributed by atoms with Crippen LogP contribution < -0.4 is 15.0 Å². The molecule has 2 aromatic carbocycles. The normalized spacial score (nSPS) is 14.3. The van der Waals surface area contributed by atoms with Gasteiger partial charge in [0.1, 0.15) is 5.65 Å². The van der Waals surface area contributed by atoms with Crippen molar-refractivity contribution in [2.75, 3.05) is 7.11 Å². The maximum atomic E-state index is 12.5. The van der Waals surface area contributed by atoms with Crippen molar-refractivity contribution in [3.05, 3.63) is 71.1 Å². The number of pyridine rings is 1. The Hall–Kier alpha value is -3.54. The van der Waals surface area contributed by atoms with Gasteiger partial charge >= 0.3 is 0 Å². The van der Waals surface area contributed by atoms with Crippen molar-refractivity contribution in [3.8, 4) is 28.3 Å². The molecule has 6 nitrogen and oxygen atoms in total. The van der Waals surface area contributed by atoms with Crippen molar-refractivity contribution >= 4 is 11.0 Å². The van der Waals surface area contributed by atoms with E-state index in [0.29, 0.717) is 17.1 Å². The minimum absolute atomic E-state index is 0.177. The number of nitrogens with zero attached hydrogens (tertiary/aromatic N) is 2. The lowest BCUT2D eigenvalue weighted by Gasteiger charge is -2.17. The first-order valence-corrected chi connectivity index (χ1v) is 10.2. The zero-order chi connectivity index (χ0) is 20.5. The number of rotatable bonds is 5. The Labute approximate surface area is 174 Å². The number of hydrogen-bond donors (Lipinski definition) is 1. The molecule has 30 heavy (non-hydrogen) atoms. The van der Waals surface area contributed by atoms with Gasteiger partial charge in [-0.3, -0.25) is 4.79 Å². The number of H-pyrrole nitrogens is 1. The molecule has 1 N–H and O–H groups in total. The third-order valence-electron chi connectivity index (χ3n) is 5.65. The van der Waals surface area contributed by atoms with Gasteiger partial charge in [-0.05, 0) is 61.1 Å². The molecule has 5 rings (SSSR count). The minimum atomic E-state index is -0.177. The predicted molar refractivity (Wildman–Crippen MR) is 117 cm³/mol. The zero-order valence-electron chi connectivity index (χ0n) is 16.8. The molecule has 0 radical (unpaired) electrons. The minimum Gasteiger partial charge on any atom is -0.493 e. The molecular weight excluding hydrogens is 378 g/mol. The number of aromatic amines is 1. The summed E-state index contributed by atoms with van der Waals surface area (Å²) in [5.41, 5.74) is 3.09. The molecule has 0 amide bonds. The Bertz CT molecular complexity index is 1240. The van der Waals surface area contributed by atoms with Crippen molar-refractivity contribution in [2.45, 2.75) is 31.8 Å². The fourth-order valence-electron chi connectivity index (χ4n) is 4.15. The van der Waals surface area contributed by atoms with E-state index in [1.165, 1.54) is 12.8 Å². The molecule has 0 aliphatic heterocycles. The molecule has 152 valence electrons. The highest BCUT2D eigenvalue weighted by Gasteiger charge is 2.20. The van der Waals surface area contributed by atoms with Gasteiger partial charge < -0.3 is 14.5 Å². The molecule has 1 saturated carbocycles. The first-order valence-electron chi connectivity index (χ1n) is 10.2. The molecular formula is C24H23N3O3. The van der Waals surface area contributed by atoms with Gasteiger partial charge in [0.25, 0.3) is 0 Å². The van der Waals surface area contributed by atoms with Gasteiger partial charge in [0.15, 0.2) is 11.5 Å². The van der Waals surface area contributed by atoms with Gasteiger partial charge in [0, 0.05) is 11.5 Å². The molecule has 0 spiro atoms. The maximum absolute atomic E-state index is 12.5. The molecule has 0 atom stereocenters. The number of fused-ring (bicyclic) bond motifs is 1. The van der Waals surface area contributed by atoms with Crippen LogP contribution in [0.1, 0.15) is 25.7 Å². The van der Waals surface area contributed by atoms with Crippen LogP contribution in [-0.4, -0.2) is 28.0 Å². The summed E-state index contributed by atoms with van der Waals surface area (Å²) in [4.78, 5) is 15.4. The van der Waals surface area contributed by atoms with E-state index in [0.717, 1.165) is 35.0 Å². The van der Waals surface area contributed by atoms with E-state index in [1.807, 2.05) is 48.5 Å². The number of methoxy groups -OCH3 is 1. The molecule has 2 heterocycles. The number of benzene rings is 2. The number of ether oxygens (including phenoxy) is 2. The molecule has 0 unspecified atom stereocenters. The van der Waals surface area contributed by atoms with Crippen LogP contribution in [0.5, 0.6) is 11.5 Å². The van der Waals surface area contributed by atoms with Gasteiger partial charge in [0.05, 0.1) is 25.1 Å². The van der Waals surface area contributed by atoms with Crippen LogP contribution in [-0.2, 0) is 0 Å². The Morgan fingerprint density at radius 2 is 1.83 bits per heavy atom. The Kier molecular flexibility index (Phi) is 4.75. The molecule has 4 aromatic rings. The smallest absolute Gasteiger partial charge is 0.250 e. The summed E-state index contributed by atoms with van der Waals surface area (Å²) in [6.45, 7) is 0. The van der Waals surface area contributed by atoms with Crippen molar-refractivity contribution in [1.29, 1.82) is 0 Å². The third kappa shape index (κ3) is 3.34. The molecule has 1 aliphatic rings. The summed E-state index contributed by atoms with van der Waals surface area (Å²) in [5.74, 6) is 1.41. The second-order valence-corrected chi connectivity index (χ2v) is 7.59. The Balaban J connectivity index is 1.62. The number of nitrogens with one attached hydrogen (secondary N) is 1. The zero-order valence-corrected chi connectivity index (χ0v) is 16.8. The second kappa shape index (κ2) is 7.71. The molecule has 1 aliphatic carbocycles. The van der Waals surface area contributed by atoms with E-state index >= 15 is 0 Å². The van der Waals surface area contributed by atoms with Crippen LogP contribution in [0, 0.1) is 0 Å². The fourth-order valence-corrected chi connectivity index (χ4v) is 4.15. The Morgan fingerprint density at radius 1 is 1.03 bits per heavy atom. The standard InChI is InChI=1S/C24H23N3O3/c1-29-21-12-11-16(13-22(21)30-18-9-5-6-10-18)19-14-23(28)26-24-20(19)15-25-27(24)17-7-3-2-4-8-17/h2-4,7-8,11-15,18H,5-6,9-10H2,1H3,(H,26,28). The molecule has 0 bridgehead atoms. The van der Waals surface area contributed by atoms with Crippen molar-refractivity contribution in [1.82, 2.24) is 14.8 Å². The van der Waals surface area contributed by atoms with Gasteiger partial charge in [-0.15, -0.1) is 0 Å². The highest BCUT2D eigenvalue weighted by molar-refractivity contribution is 5.93. The van der Waals surface area contributed by atoms with Gasteiger partial charge in [-0.2, -0.15) is 5.10 Å². The van der Waals surface area contributed by atoms with Crippen LogP contribution in [0.4, 0.5) is 0 Å². The van der Waals surface area contributed by atoms with Crippen molar-refractivity contribution in [2.24, 2.45) is 0 Å². The summed E-state index contributed by atoms with van der Waals surface area (Å²) in [5, 5.41) is 5.39. The molecule has 1 fully saturated rings. The lowest BCUT2D eigenvalue weighted by atomic mass is 10.0. The average Bonchev–Trinajstić information content (AvgIpc) is 3.43. The lowest BCUT2D eigenvalue weighted by Crippen LogP contribution is -2.11. The fraction of sp³-hybridized carbons (Fsp3) is 0.250. The number of para-hydroxylation sites is 1. The van der Waals surface area contributed by atoms with Crippen LogP contribution in [0.25, 0.3) is 27.8 Å². The highest BCUT2D eigenvalue weighted by atomic mass is 16.5. The largest absolute Gasteiger partial charge is 0.493 e. The van der Waals surface area contributed by atoms with E-state index in [2.05, 4.69) is 10.1 Å². The van der Waals surface area contributed by atoms with Crippen LogP contribution in [0.15, 0.2) is 65.6 Å². The third-order valence-corrected chi connectivity index (χ3v) is 5.65. The monoisotopic (exact) mass is 401 g/mol. The van der Waals surface area contributed by atoms with Crippen LogP contribution >= 0.6 is 0 Å². The van der Waals surface area contributed by atoms with E-state index in [-0.39, 0.29) is 11.7 Å². The predicted octanol–water partition coefficient (Wildman–Crippen LogP) is 4.71. The van der Waals surface area contributed by atoms with E-state index in [1.54, 1.807) is 24.1 Å². The van der Waals surface area contributed by atoms with E-state index < -0.39 is 0 Å². The summed E-state index contributed by atoms with van der Waals surface area (Å²) < 4.78 is 13.5. The lowest BCUT2D eigenvalue weighted by molar-refractivity contribution is 0.201. The van der Waals surface area contributed by atoms with Crippen molar-refractivity contribution < 1.29 is 9.47 Å².